The van der Waals surface area contributed by atoms with E-state index in [0.29, 0.717) is 17.0 Å². The molecule has 1 aromatic heterocycles. The molecule has 1 aliphatic heterocycles. The molecule has 0 unspecified atom stereocenters. The fraction of sp³-hybridized carbons (Fsp3) is 0.368. The summed E-state index contributed by atoms with van der Waals surface area (Å²) in [6, 6.07) is 5.20. The van der Waals surface area contributed by atoms with E-state index in [1.807, 2.05) is 6.07 Å². The summed E-state index contributed by atoms with van der Waals surface area (Å²) in [6.07, 6.45) is 2.77. The normalized spacial score (nSPS) is 23.3. The Morgan fingerprint density at radius 3 is 2.80 bits per heavy atom. The van der Waals surface area contributed by atoms with Crippen molar-refractivity contribution in [2.75, 3.05) is 31.7 Å². The zero-order valence-electron chi connectivity index (χ0n) is 14.6. The lowest BCUT2D eigenvalue weighted by Gasteiger charge is -2.16. The summed E-state index contributed by atoms with van der Waals surface area (Å²) in [5, 5.41) is 3.34. The van der Waals surface area contributed by atoms with Crippen LogP contribution in [0.4, 0.5) is 15.9 Å². The van der Waals surface area contributed by atoms with Crippen LogP contribution in [0.15, 0.2) is 24.4 Å². The summed E-state index contributed by atoms with van der Waals surface area (Å²) in [7, 11) is 3.16. The SMILES string of the molecule is C[C@@H]1C[C@@]12CNc1ncc(-c3ccc(N)c(C(=O)N(C)C)c3F)cc12. The van der Waals surface area contributed by atoms with Crippen LogP contribution in [0.2, 0.25) is 0 Å². The highest BCUT2D eigenvalue weighted by atomic mass is 19.1. The minimum absolute atomic E-state index is 0.0874. The van der Waals surface area contributed by atoms with Gasteiger partial charge in [-0.25, -0.2) is 9.37 Å². The van der Waals surface area contributed by atoms with Gasteiger partial charge < -0.3 is 16.0 Å². The molecule has 1 aromatic carbocycles. The summed E-state index contributed by atoms with van der Waals surface area (Å²) in [6.45, 7) is 3.11. The van der Waals surface area contributed by atoms with Crippen molar-refractivity contribution in [3.05, 3.63) is 41.3 Å². The van der Waals surface area contributed by atoms with E-state index in [2.05, 4.69) is 17.2 Å². The Morgan fingerprint density at radius 1 is 1.44 bits per heavy atom. The molecule has 1 fully saturated rings. The van der Waals surface area contributed by atoms with Gasteiger partial charge in [0.25, 0.3) is 5.91 Å². The lowest BCUT2D eigenvalue weighted by molar-refractivity contribution is 0.0824. The number of nitrogens with two attached hydrogens (primary N) is 1. The number of pyridine rings is 1. The van der Waals surface area contributed by atoms with E-state index in [9.17, 15) is 4.79 Å². The maximum Gasteiger partial charge on any atom is 0.258 e. The molecule has 1 saturated carbocycles. The Hall–Kier alpha value is -2.63. The zero-order chi connectivity index (χ0) is 17.9. The van der Waals surface area contributed by atoms with Gasteiger partial charge in [0, 0.05) is 54.6 Å². The molecule has 0 bridgehead atoms. The van der Waals surface area contributed by atoms with Gasteiger partial charge in [-0.05, 0) is 30.5 Å². The molecule has 6 heteroatoms. The third-order valence-electron chi connectivity index (χ3n) is 5.55. The van der Waals surface area contributed by atoms with Crippen LogP contribution in [0.1, 0.15) is 29.3 Å². The van der Waals surface area contributed by atoms with E-state index in [4.69, 9.17) is 5.73 Å². The van der Waals surface area contributed by atoms with Crippen LogP contribution in [-0.2, 0) is 5.41 Å². The molecule has 130 valence electrons. The van der Waals surface area contributed by atoms with Crippen LogP contribution in [0, 0.1) is 11.7 Å². The largest absolute Gasteiger partial charge is 0.398 e. The Labute approximate surface area is 146 Å². The van der Waals surface area contributed by atoms with Crippen LogP contribution in [-0.4, -0.2) is 36.4 Å². The van der Waals surface area contributed by atoms with E-state index >= 15 is 4.39 Å². The third kappa shape index (κ3) is 2.20. The summed E-state index contributed by atoms with van der Waals surface area (Å²) in [4.78, 5) is 18.1. The molecule has 2 heterocycles. The number of nitrogens with zero attached hydrogens (tertiary/aromatic N) is 2. The van der Waals surface area contributed by atoms with Crippen molar-refractivity contribution in [3.63, 3.8) is 0 Å². The van der Waals surface area contributed by atoms with Gasteiger partial charge in [-0.1, -0.05) is 6.92 Å². The molecule has 4 rings (SSSR count). The number of fused-ring (bicyclic) bond motifs is 2. The standard InChI is InChI=1S/C19H21FN4O/c1-10-7-19(10)9-23-17-13(19)6-11(8-22-17)12-4-5-14(21)15(16(12)20)18(25)24(2)3/h4-6,8,10H,7,9,21H2,1-3H3,(H,22,23)/t10-,19-/m1/s1. The average Bonchev–Trinajstić information content (AvgIpc) is 3.09. The van der Waals surface area contributed by atoms with Crippen molar-refractivity contribution in [1.29, 1.82) is 0 Å². The molecular weight excluding hydrogens is 319 g/mol. The first-order valence-corrected chi connectivity index (χ1v) is 8.39. The van der Waals surface area contributed by atoms with Crippen LogP contribution < -0.4 is 11.1 Å². The smallest absolute Gasteiger partial charge is 0.258 e. The predicted molar refractivity (Wildman–Crippen MR) is 96.0 cm³/mol. The number of halogens is 1. The van der Waals surface area contributed by atoms with Crippen LogP contribution in [0.5, 0.6) is 0 Å². The monoisotopic (exact) mass is 340 g/mol. The second kappa shape index (κ2) is 5.18. The van der Waals surface area contributed by atoms with Gasteiger partial charge in [0.15, 0.2) is 0 Å². The fourth-order valence-corrected chi connectivity index (χ4v) is 3.83. The van der Waals surface area contributed by atoms with E-state index in [1.54, 1.807) is 32.4 Å². The molecule has 25 heavy (non-hydrogen) atoms. The van der Waals surface area contributed by atoms with Crippen LogP contribution in [0.3, 0.4) is 0 Å². The molecule has 1 spiro atoms. The number of anilines is 2. The summed E-state index contributed by atoms with van der Waals surface area (Å²) >= 11 is 0. The lowest BCUT2D eigenvalue weighted by Crippen LogP contribution is -2.24. The molecule has 2 aliphatic rings. The molecule has 5 nitrogen and oxygen atoms in total. The van der Waals surface area contributed by atoms with Crippen molar-refractivity contribution in [1.82, 2.24) is 9.88 Å². The van der Waals surface area contributed by atoms with Gasteiger partial charge >= 0.3 is 0 Å². The first-order chi connectivity index (χ1) is 11.8. The number of aromatic nitrogens is 1. The van der Waals surface area contributed by atoms with Crippen LogP contribution >= 0.6 is 0 Å². The lowest BCUT2D eigenvalue weighted by atomic mass is 9.94. The molecule has 1 aliphatic carbocycles. The first kappa shape index (κ1) is 15.9. The quantitative estimate of drug-likeness (QED) is 0.825. The number of nitrogens with one attached hydrogen (secondary N) is 1. The average molecular weight is 340 g/mol. The minimum Gasteiger partial charge on any atom is -0.398 e. The molecule has 1 amide bonds. The van der Waals surface area contributed by atoms with Gasteiger partial charge in [0.05, 0.1) is 5.56 Å². The number of rotatable bonds is 2. The number of carbonyl (C=O) groups excluding carboxylic acids is 1. The molecule has 0 saturated heterocycles. The second-order valence-corrected chi connectivity index (χ2v) is 7.33. The molecule has 0 radical (unpaired) electrons. The summed E-state index contributed by atoms with van der Waals surface area (Å²) in [5.74, 6) is 0.443. The van der Waals surface area contributed by atoms with Gasteiger partial charge in [-0.2, -0.15) is 0 Å². The molecule has 2 aromatic rings. The highest BCUT2D eigenvalue weighted by molar-refractivity contribution is 6.00. The van der Waals surface area contributed by atoms with E-state index < -0.39 is 11.7 Å². The molecule has 2 atom stereocenters. The number of hydrogen-bond donors (Lipinski definition) is 2. The van der Waals surface area contributed by atoms with Gasteiger partial charge in [0.2, 0.25) is 0 Å². The van der Waals surface area contributed by atoms with Crippen molar-refractivity contribution < 1.29 is 9.18 Å². The maximum atomic E-state index is 15.1. The number of hydrogen-bond acceptors (Lipinski definition) is 4. The van der Waals surface area contributed by atoms with E-state index in [0.717, 1.165) is 24.3 Å². The maximum absolute atomic E-state index is 15.1. The highest BCUT2D eigenvalue weighted by Gasteiger charge is 2.56. The van der Waals surface area contributed by atoms with Crippen molar-refractivity contribution in [3.8, 4) is 11.1 Å². The second-order valence-electron chi connectivity index (χ2n) is 7.33. The Bertz CT molecular complexity index is 895. The van der Waals surface area contributed by atoms with Gasteiger partial charge in [-0.3, -0.25) is 4.79 Å². The summed E-state index contributed by atoms with van der Waals surface area (Å²) in [5.41, 5.74) is 8.21. The van der Waals surface area contributed by atoms with Gasteiger partial charge in [-0.15, -0.1) is 0 Å². The van der Waals surface area contributed by atoms with E-state index in [1.165, 1.54) is 4.90 Å². The van der Waals surface area contributed by atoms with E-state index in [-0.39, 0.29) is 16.7 Å². The molecular formula is C19H21FN4O. The highest BCUT2D eigenvalue weighted by Crippen LogP contribution is 2.58. The topological polar surface area (TPSA) is 71.2 Å². The number of carbonyl (C=O) groups is 1. The number of benzene rings is 1. The fourth-order valence-electron chi connectivity index (χ4n) is 3.83. The Morgan fingerprint density at radius 2 is 2.16 bits per heavy atom. The van der Waals surface area contributed by atoms with Crippen molar-refractivity contribution in [2.45, 2.75) is 18.8 Å². The van der Waals surface area contributed by atoms with Crippen LogP contribution in [0.25, 0.3) is 11.1 Å². The number of amides is 1. The Balaban J connectivity index is 1.83. The first-order valence-electron chi connectivity index (χ1n) is 8.39. The summed E-state index contributed by atoms with van der Waals surface area (Å²) < 4.78 is 15.1. The third-order valence-corrected chi connectivity index (χ3v) is 5.55. The Kier molecular flexibility index (Phi) is 3.29. The number of nitrogen functional groups attached to an aromatic ring is 1. The zero-order valence-corrected chi connectivity index (χ0v) is 14.6. The minimum atomic E-state index is -0.593. The predicted octanol–water partition coefficient (Wildman–Crippen LogP) is 2.87. The molecule has 3 N–H and O–H groups in total. The van der Waals surface area contributed by atoms with Crippen molar-refractivity contribution in [2.24, 2.45) is 5.92 Å². The van der Waals surface area contributed by atoms with Gasteiger partial charge in [0.1, 0.15) is 11.6 Å². The van der Waals surface area contributed by atoms with Crippen molar-refractivity contribution >= 4 is 17.4 Å².